The summed E-state index contributed by atoms with van der Waals surface area (Å²) in [6, 6.07) is 7.44. The topological polar surface area (TPSA) is 29.5 Å². The molecule has 0 N–H and O–H groups in total. The summed E-state index contributed by atoms with van der Waals surface area (Å²) in [6.45, 7) is 3.08. The van der Waals surface area contributed by atoms with Crippen LogP contribution < -0.4 is 0 Å². The molecule has 0 bridgehead atoms. The van der Waals surface area contributed by atoms with Gasteiger partial charge in [0.15, 0.2) is 0 Å². The lowest BCUT2D eigenvalue weighted by Crippen LogP contribution is -2.20. The summed E-state index contributed by atoms with van der Waals surface area (Å²) < 4.78 is 5.14. The van der Waals surface area contributed by atoms with E-state index in [1.165, 1.54) is 0 Å². The molecule has 0 spiro atoms. The average molecular weight is 207 g/mol. The van der Waals surface area contributed by atoms with Gasteiger partial charge in [0.25, 0.3) is 0 Å². The van der Waals surface area contributed by atoms with Crippen LogP contribution in [0.15, 0.2) is 24.3 Å². The van der Waals surface area contributed by atoms with E-state index in [0.717, 1.165) is 12.1 Å². The number of rotatable bonds is 4. The fourth-order valence-electron chi connectivity index (χ4n) is 1.20. The number of carbonyl (C=O) groups is 1. The van der Waals surface area contributed by atoms with Crippen molar-refractivity contribution in [3.63, 3.8) is 0 Å². The van der Waals surface area contributed by atoms with Crippen molar-refractivity contribution < 1.29 is 9.53 Å². The van der Waals surface area contributed by atoms with E-state index < -0.39 is 0 Å². The van der Waals surface area contributed by atoms with Gasteiger partial charge in [-0.05, 0) is 32.6 Å². The summed E-state index contributed by atoms with van der Waals surface area (Å²) in [6.07, 6.45) is 0. The van der Waals surface area contributed by atoms with Crippen LogP contribution in [0.1, 0.15) is 15.9 Å². The molecule has 0 aliphatic heterocycles. The van der Waals surface area contributed by atoms with Gasteiger partial charge in [-0.25, -0.2) is 4.79 Å². The van der Waals surface area contributed by atoms with Crippen molar-refractivity contribution >= 4 is 5.97 Å². The van der Waals surface area contributed by atoms with Crippen LogP contribution in [0.3, 0.4) is 0 Å². The molecule has 0 fully saturated rings. The predicted molar refractivity (Wildman–Crippen MR) is 60.0 cm³/mol. The lowest BCUT2D eigenvalue weighted by atomic mass is 10.1. The molecule has 0 unspecified atom stereocenters. The lowest BCUT2D eigenvalue weighted by molar-refractivity contribution is 0.0481. The first-order valence-corrected chi connectivity index (χ1v) is 4.98. The molecule has 1 aromatic rings. The van der Waals surface area contributed by atoms with E-state index in [1.54, 1.807) is 6.07 Å². The van der Waals surface area contributed by atoms with E-state index >= 15 is 0 Å². The van der Waals surface area contributed by atoms with Crippen LogP contribution in [-0.2, 0) is 4.74 Å². The minimum Gasteiger partial charge on any atom is -0.461 e. The first-order valence-electron chi connectivity index (χ1n) is 4.98. The highest BCUT2D eigenvalue weighted by Crippen LogP contribution is 2.08. The van der Waals surface area contributed by atoms with Crippen LogP contribution in [0.25, 0.3) is 0 Å². The van der Waals surface area contributed by atoms with Gasteiger partial charge in [0, 0.05) is 6.54 Å². The van der Waals surface area contributed by atoms with Gasteiger partial charge in [0.05, 0.1) is 5.56 Å². The van der Waals surface area contributed by atoms with Crippen LogP contribution in [0, 0.1) is 6.92 Å². The number of hydrogen-bond acceptors (Lipinski definition) is 3. The van der Waals surface area contributed by atoms with Gasteiger partial charge in [-0.3, -0.25) is 0 Å². The molecule has 15 heavy (non-hydrogen) atoms. The van der Waals surface area contributed by atoms with E-state index in [1.807, 2.05) is 44.1 Å². The second-order valence-corrected chi connectivity index (χ2v) is 3.75. The molecule has 0 aromatic heterocycles. The first-order chi connectivity index (χ1) is 7.11. The Morgan fingerprint density at radius 3 is 2.60 bits per heavy atom. The van der Waals surface area contributed by atoms with Crippen LogP contribution >= 0.6 is 0 Å². The number of ether oxygens (including phenoxy) is 1. The third-order valence-corrected chi connectivity index (χ3v) is 2.14. The lowest BCUT2D eigenvalue weighted by Gasteiger charge is -2.10. The Kier molecular flexibility index (Phi) is 4.31. The van der Waals surface area contributed by atoms with E-state index in [9.17, 15) is 4.79 Å². The molecule has 0 heterocycles. The van der Waals surface area contributed by atoms with Gasteiger partial charge in [0.2, 0.25) is 0 Å². The fourth-order valence-corrected chi connectivity index (χ4v) is 1.20. The number of carbonyl (C=O) groups excluding carboxylic acids is 1. The Bertz CT molecular complexity index is 334. The summed E-state index contributed by atoms with van der Waals surface area (Å²) >= 11 is 0. The predicted octanol–water partition coefficient (Wildman–Crippen LogP) is 1.71. The Labute approximate surface area is 90.7 Å². The second-order valence-electron chi connectivity index (χ2n) is 3.75. The molecule has 0 aliphatic carbocycles. The maximum Gasteiger partial charge on any atom is 0.338 e. The van der Waals surface area contributed by atoms with Crippen LogP contribution in [0.2, 0.25) is 0 Å². The summed E-state index contributed by atoms with van der Waals surface area (Å²) in [5.41, 5.74) is 1.60. The Hall–Kier alpha value is -1.35. The van der Waals surface area contributed by atoms with Gasteiger partial charge in [-0.2, -0.15) is 0 Å². The van der Waals surface area contributed by atoms with Crippen molar-refractivity contribution in [2.24, 2.45) is 0 Å². The Morgan fingerprint density at radius 1 is 1.33 bits per heavy atom. The van der Waals surface area contributed by atoms with Gasteiger partial charge < -0.3 is 9.64 Å². The molecule has 0 saturated heterocycles. The first kappa shape index (κ1) is 11.7. The molecular formula is C12H17NO2. The van der Waals surface area contributed by atoms with Crippen molar-refractivity contribution in [1.82, 2.24) is 4.90 Å². The van der Waals surface area contributed by atoms with E-state index in [2.05, 4.69) is 0 Å². The molecule has 0 amide bonds. The highest BCUT2D eigenvalue weighted by Gasteiger charge is 2.08. The Morgan fingerprint density at radius 2 is 2.00 bits per heavy atom. The molecule has 1 rings (SSSR count). The zero-order chi connectivity index (χ0) is 11.3. The quantitative estimate of drug-likeness (QED) is 0.704. The molecule has 3 nitrogen and oxygen atoms in total. The zero-order valence-electron chi connectivity index (χ0n) is 9.49. The number of esters is 1. The molecule has 1 aromatic carbocycles. The Balaban J connectivity index is 2.51. The molecule has 0 aliphatic rings. The maximum atomic E-state index is 11.6. The van der Waals surface area contributed by atoms with Gasteiger partial charge >= 0.3 is 5.97 Å². The highest BCUT2D eigenvalue weighted by molar-refractivity contribution is 5.90. The van der Waals surface area contributed by atoms with Crippen molar-refractivity contribution in [3.05, 3.63) is 35.4 Å². The largest absolute Gasteiger partial charge is 0.461 e. The third-order valence-electron chi connectivity index (χ3n) is 2.14. The van der Waals surface area contributed by atoms with Crippen molar-refractivity contribution in [1.29, 1.82) is 0 Å². The number of aryl methyl sites for hydroxylation is 1. The van der Waals surface area contributed by atoms with E-state index in [0.29, 0.717) is 12.2 Å². The summed E-state index contributed by atoms with van der Waals surface area (Å²) in [7, 11) is 3.89. The minimum atomic E-state index is -0.241. The summed E-state index contributed by atoms with van der Waals surface area (Å²) in [5.74, 6) is -0.241. The van der Waals surface area contributed by atoms with E-state index in [-0.39, 0.29) is 5.97 Å². The molecular weight excluding hydrogens is 190 g/mol. The third kappa shape index (κ3) is 3.72. The number of likely N-dealkylation sites (N-methyl/N-ethyl adjacent to an activating group) is 1. The second kappa shape index (κ2) is 5.51. The minimum absolute atomic E-state index is 0.241. The average Bonchev–Trinajstić information content (AvgIpc) is 2.17. The number of hydrogen-bond donors (Lipinski definition) is 0. The molecule has 3 heteroatoms. The maximum absolute atomic E-state index is 11.6. The molecule has 0 radical (unpaired) electrons. The van der Waals surface area contributed by atoms with Gasteiger partial charge in [-0.1, -0.05) is 18.2 Å². The van der Waals surface area contributed by atoms with E-state index in [4.69, 9.17) is 4.74 Å². The van der Waals surface area contributed by atoms with Crippen molar-refractivity contribution in [2.75, 3.05) is 27.2 Å². The monoisotopic (exact) mass is 207 g/mol. The standard InChI is InChI=1S/C12H17NO2/c1-10-6-4-5-7-11(10)12(14)15-9-8-13(2)3/h4-7H,8-9H2,1-3H3. The molecule has 0 saturated carbocycles. The van der Waals surface area contributed by atoms with Gasteiger partial charge in [0.1, 0.15) is 6.61 Å². The van der Waals surface area contributed by atoms with Gasteiger partial charge in [-0.15, -0.1) is 0 Å². The SMILES string of the molecule is Cc1ccccc1C(=O)OCCN(C)C. The highest BCUT2D eigenvalue weighted by atomic mass is 16.5. The smallest absolute Gasteiger partial charge is 0.338 e. The van der Waals surface area contributed by atoms with Crippen LogP contribution in [-0.4, -0.2) is 38.1 Å². The van der Waals surface area contributed by atoms with Crippen LogP contribution in [0.4, 0.5) is 0 Å². The summed E-state index contributed by atoms with van der Waals surface area (Å²) in [5, 5.41) is 0. The number of benzene rings is 1. The fraction of sp³-hybridized carbons (Fsp3) is 0.417. The molecule has 82 valence electrons. The summed E-state index contributed by atoms with van der Waals surface area (Å²) in [4.78, 5) is 13.6. The van der Waals surface area contributed by atoms with Crippen LogP contribution in [0.5, 0.6) is 0 Å². The van der Waals surface area contributed by atoms with Crippen molar-refractivity contribution in [3.8, 4) is 0 Å². The number of nitrogens with zero attached hydrogens (tertiary/aromatic N) is 1. The zero-order valence-corrected chi connectivity index (χ0v) is 9.49. The normalized spacial score (nSPS) is 10.4. The molecule has 0 atom stereocenters. The van der Waals surface area contributed by atoms with Crippen molar-refractivity contribution in [2.45, 2.75) is 6.92 Å².